The maximum absolute atomic E-state index is 9.77. The van der Waals surface area contributed by atoms with Crippen LogP contribution >= 0.6 is 0 Å². The molecule has 8 heteroatoms. The fourth-order valence-corrected chi connectivity index (χ4v) is 2.14. The van der Waals surface area contributed by atoms with Gasteiger partial charge >= 0.3 is 0 Å². The molecule has 132 valence electrons. The molecule has 1 saturated heterocycles. The van der Waals surface area contributed by atoms with Crippen LogP contribution in [-0.2, 0) is 21.1 Å². The highest BCUT2D eigenvalue weighted by Crippen LogP contribution is 2.26. The largest absolute Gasteiger partial charge is 0.464 e. The predicted octanol–water partition coefficient (Wildman–Crippen LogP) is -0.419. The first-order valence-electron chi connectivity index (χ1n) is 7.13. The van der Waals surface area contributed by atoms with Crippen LogP contribution in [0.1, 0.15) is 12.0 Å². The lowest BCUT2D eigenvalue weighted by atomic mass is 10.0. The van der Waals surface area contributed by atoms with Crippen molar-refractivity contribution >= 4 is 0 Å². The second-order valence-corrected chi connectivity index (χ2v) is 4.73. The van der Waals surface area contributed by atoms with Crippen molar-refractivity contribution < 1.29 is 39.7 Å². The molecule has 0 amide bonds. The van der Waals surface area contributed by atoms with Crippen molar-refractivity contribution in [2.45, 2.75) is 37.6 Å². The lowest BCUT2D eigenvalue weighted by Gasteiger charge is -2.36. The summed E-state index contributed by atoms with van der Waals surface area (Å²) in [6.07, 6.45) is -3.66. The summed E-state index contributed by atoms with van der Waals surface area (Å²) in [7, 11) is 2.41. The van der Waals surface area contributed by atoms with Gasteiger partial charge in [-0.1, -0.05) is 18.2 Å². The molecule has 0 saturated carbocycles. The summed E-state index contributed by atoms with van der Waals surface area (Å²) in [5.41, 5.74) is 0.754. The number of aliphatic hydroxyl groups is 4. The van der Waals surface area contributed by atoms with E-state index in [0.29, 0.717) is 5.75 Å². The van der Waals surface area contributed by atoms with Crippen LogP contribution in [0.15, 0.2) is 24.3 Å². The minimum absolute atomic E-state index is 0.108. The molecule has 4 atom stereocenters. The van der Waals surface area contributed by atoms with E-state index in [9.17, 15) is 10.2 Å². The van der Waals surface area contributed by atoms with Crippen molar-refractivity contribution in [3.8, 4) is 5.75 Å². The number of rotatable bonds is 6. The topological polar surface area (TPSA) is 118 Å². The number of benzene rings is 1. The van der Waals surface area contributed by atoms with E-state index in [0.717, 1.165) is 12.7 Å². The van der Waals surface area contributed by atoms with Crippen LogP contribution in [0.5, 0.6) is 5.75 Å². The maximum atomic E-state index is 9.77. The molecule has 2 rings (SSSR count). The molecule has 1 aromatic carbocycles. The van der Waals surface area contributed by atoms with Crippen molar-refractivity contribution in [2.24, 2.45) is 0 Å². The van der Waals surface area contributed by atoms with Gasteiger partial charge in [0.2, 0.25) is 6.29 Å². The highest BCUT2D eigenvalue weighted by Gasteiger charge is 2.37. The minimum Gasteiger partial charge on any atom is -0.464 e. The summed E-state index contributed by atoms with van der Waals surface area (Å²) in [4.78, 5) is 9.44. The molecule has 0 aliphatic carbocycles. The monoisotopic (exact) mass is 332 g/mol. The summed E-state index contributed by atoms with van der Waals surface area (Å²) in [5, 5.41) is 35.6. The third-order valence-corrected chi connectivity index (χ3v) is 3.28. The second-order valence-electron chi connectivity index (χ2n) is 4.73. The molecule has 1 heterocycles. The van der Waals surface area contributed by atoms with Crippen molar-refractivity contribution in [3.05, 3.63) is 29.8 Å². The molecule has 1 unspecified atom stereocenters. The first kappa shape index (κ1) is 19.8. The van der Waals surface area contributed by atoms with Gasteiger partial charge in [0.05, 0.1) is 19.8 Å². The van der Waals surface area contributed by atoms with Gasteiger partial charge in [-0.2, -0.15) is 0 Å². The zero-order valence-electron chi connectivity index (χ0n) is 13.2. The highest BCUT2D eigenvalue weighted by molar-refractivity contribution is 5.32. The van der Waals surface area contributed by atoms with E-state index >= 15 is 0 Å². The molecule has 0 aromatic heterocycles. The molecular weight excluding hydrogens is 308 g/mol. The standard InChI is InChI=1S/C14H20O7.CH4O/c1-18-19-8-9-4-2-3-5-11(9)20-13-6-10(16)14(17)12(7-15)21-13;1-2/h2-5,10,12-17H,6-8H2,1H3;2H,1H3/t10-,12?,13-,14+;/m1./s1. The Morgan fingerprint density at radius 1 is 1.22 bits per heavy atom. The van der Waals surface area contributed by atoms with E-state index in [1.54, 1.807) is 12.1 Å². The fraction of sp³-hybridized carbons (Fsp3) is 0.600. The third-order valence-electron chi connectivity index (χ3n) is 3.28. The molecule has 1 fully saturated rings. The Kier molecular flexibility index (Phi) is 9.03. The van der Waals surface area contributed by atoms with Crippen molar-refractivity contribution in [1.29, 1.82) is 0 Å². The summed E-state index contributed by atoms with van der Waals surface area (Å²) < 4.78 is 11.1. The summed E-state index contributed by atoms with van der Waals surface area (Å²) in [5.74, 6) is 0.528. The van der Waals surface area contributed by atoms with Crippen LogP contribution in [0.3, 0.4) is 0 Å². The average molecular weight is 332 g/mol. The molecule has 23 heavy (non-hydrogen) atoms. The van der Waals surface area contributed by atoms with Crippen molar-refractivity contribution in [2.75, 3.05) is 20.8 Å². The fourth-order valence-electron chi connectivity index (χ4n) is 2.14. The summed E-state index contributed by atoms with van der Waals surface area (Å²) in [6.45, 7) is -0.194. The number of hydrogen-bond acceptors (Lipinski definition) is 8. The Bertz CT molecular complexity index is 441. The van der Waals surface area contributed by atoms with Gasteiger partial charge < -0.3 is 29.9 Å². The lowest BCUT2D eigenvalue weighted by Crippen LogP contribution is -2.51. The van der Waals surface area contributed by atoms with Crippen LogP contribution in [0.4, 0.5) is 0 Å². The first-order chi connectivity index (χ1) is 11.2. The summed E-state index contributed by atoms with van der Waals surface area (Å²) in [6, 6.07) is 7.18. The zero-order valence-corrected chi connectivity index (χ0v) is 13.2. The molecule has 0 spiro atoms. The molecule has 4 N–H and O–H groups in total. The smallest absolute Gasteiger partial charge is 0.202 e. The first-order valence-corrected chi connectivity index (χ1v) is 7.13. The quantitative estimate of drug-likeness (QED) is 0.410. The van der Waals surface area contributed by atoms with Gasteiger partial charge in [-0.3, -0.25) is 0 Å². The molecule has 1 aromatic rings. The maximum Gasteiger partial charge on any atom is 0.202 e. The van der Waals surface area contributed by atoms with E-state index in [-0.39, 0.29) is 13.0 Å². The molecule has 0 radical (unpaired) electrons. The van der Waals surface area contributed by atoms with E-state index < -0.39 is 31.2 Å². The van der Waals surface area contributed by atoms with Crippen molar-refractivity contribution in [3.63, 3.8) is 0 Å². The Balaban J connectivity index is 0.00000127. The Morgan fingerprint density at radius 3 is 2.57 bits per heavy atom. The van der Waals surface area contributed by atoms with Gasteiger partial charge in [-0.25, -0.2) is 9.78 Å². The number of para-hydroxylation sites is 1. The molecule has 8 nitrogen and oxygen atoms in total. The third kappa shape index (κ3) is 5.70. The van der Waals surface area contributed by atoms with Gasteiger partial charge in [-0.15, -0.1) is 0 Å². The van der Waals surface area contributed by atoms with E-state index in [2.05, 4.69) is 4.89 Å². The van der Waals surface area contributed by atoms with E-state index in [4.69, 9.17) is 24.6 Å². The number of ether oxygens (including phenoxy) is 2. The molecular formula is C15H24O8. The van der Waals surface area contributed by atoms with Gasteiger partial charge in [0.15, 0.2) is 0 Å². The molecule has 0 bridgehead atoms. The van der Waals surface area contributed by atoms with Crippen molar-refractivity contribution in [1.82, 2.24) is 0 Å². The Morgan fingerprint density at radius 2 is 1.91 bits per heavy atom. The summed E-state index contributed by atoms with van der Waals surface area (Å²) >= 11 is 0. The second kappa shape index (κ2) is 10.5. The highest BCUT2D eigenvalue weighted by atomic mass is 17.2. The van der Waals surface area contributed by atoms with E-state index in [1.165, 1.54) is 7.11 Å². The van der Waals surface area contributed by atoms with Gasteiger partial charge in [0, 0.05) is 19.1 Å². The zero-order chi connectivity index (χ0) is 17.2. The van der Waals surface area contributed by atoms with E-state index in [1.807, 2.05) is 12.1 Å². The normalized spacial score (nSPS) is 27.0. The minimum atomic E-state index is -1.12. The Labute approximate surface area is 134 Å². The molecule has 1 aliphatic heterocycles. The van der Waals surface area contributed by atoms with Gasteiger partial charge in [-0.05, 0) is 6.07 Å². The lowest BCUT2D eigenvalue weighted by molar-refractivity contribution is -0.282. The van der Waals surface area contributed by atoms with Crippen LogP contribution < -0.4 is 4.74 Å². The number of aliphatic hydroxyl groups excluding tert-OH is 4. The number of hydrogen-bond donors (Lipinski definition) is 4. The SMILES string of the molecule is CO.COOCc1ccccc1O[C@H]1C[C@@H](O)[C@H](O)C(CO)O1. The van der Waals surface area contributed by atoms with Crippen LogP contribution in [-0.4, -0.2) is 65.9 Å². The van der Waals surface area contributed by atoms with Crippen LogP contribution in [0.25, 0.3) is 0 Å². The molecule has 1 aliphatic rings. The Hall–Kier alpha value is -1.26. The van der Waals surface area contributed by atoms with Crippen LogP contribution in [0, 0.1) is 0 Å². The predicted molar refractivity (Wildman–Crippen MR) is 79.4 cm³/mol. The van der Waals surface area contributed by atoms with Crippen LogP contribution in [0.2, 0.25) is 0 Å². The van der Waals surface area contributed by atoms with Gasteiger partial charge in [0.25, 0.3) is 0 Å². The van der Waals surface area contributed by atoms with Gasteiger partial charge in [0.1, 0.15) is 24.6 Å². The average Bonchev–Trinajstić information content (AvgIpc) is 2.59.